The van der Waals surface area contributed by atoms with E-state index in [9.17, 15) is 9.90 Å². The average Bonchev–Trinajstić information content (AvgIpc) is 2.64. The van der Waals surface area contributed by atoms with Crippen LogP contribution < -0.4 is 10.6 Å². The fourth-order valence-electron chi connectivity index (χ4n) is 2.13. The molecule has 4 heteroatoms. The number of hydrogen-bond acceptors (Lipinski definition) is 3. The summed E-state index contributed by atoms with van der Waals surface area (Å²) in [5.74, 6) is -0.00144. The van der Waals surface area contributed by atoms with E-state index in [0.717, 1.165) is 32.1 Å². The number of aliphatic hydroxyl groups is 1. The molecule has 1 saturated carbocycles. The van der Waals surface area contributed by atoms with Crippen molar-refractivity contribution in [2.24, 2.45) is 0 Å². The molecule has 4 nitrogen and oxygen atoms in total. The topological polar surface area (TPSA) is 61.4 Å². The van der Waals surface area contributed by atoms with Gasteiger partial charge in [0.15, 0.2) is 0 Å². The third kappa shape index (κ3) is 5.04. The molecule has 0 aromatic heterocycles. The summed E-state index contributed by atoms with van der Waals surface area (Å²) < 4.78 is 0. The molecule has 1 rings (SSSR count). The minimum Gasteiger partial charge on any atom is -0.389 e. The van der Waals surface area contributed by atoms with Crippen molar-refractivity contribution >= 4 is 5.91 Å². The minimum atomic E-state index is -0.583. The van der Waals surface area contributed by atoms with Gasteiger partial charge in [0.25, 0.3) is 0 Å². The van der Waals surface area contributed by atoms with Crippen molar-refractivity contribution in [1.82, 2.24) is 10.6 Å². The van der Waals surface area contributed by atoms with Gasteiger partial charge in [0.1, 0.15) is 0 Å². The van der Waals surface area contributed by atoms with Crippen molar-refractivity contribution in [3.8, 4) is 0 Å². The van der Waals surface area contributed by atoms with Gasteiger partial charge in [-0.1, -0.05) is 19.8 Å². The second kappa shape index (κ2) is 5.83. The summed E-state index contributed by atoms with van der Waals surface area (Å²) in [5.41, 5.74) is -0.733. The van der Waals surface area contributed by atoms with Gasteiger partial charge in [0.05, 0.1) is 12.1 Å². The molecule has 0 aliphatic heterocycles. The van der Waals surface area contributed by atoms with Crippen LogP contribution >= 0.6 is 0 Å². The Balaban J connectivity index is 2.20. The van der Waals surface area contributed by atoms with Crippen LogP contribution in [-0.2, 0) is 4.79 Å². The Morgan fingerprint density at radius 2 is 1.94 bits per heavy atom. The molecule has 1 amide bonds. The lowest BCUT2D eigenvalue weighted by atomic mass is 10.0. The lowest BCUT2D eigenvalue weighted by Gasteiger charge is -2.26. The second-order valence-corrected chi connectivity index (χ2v) is 5.82. The highest BCUT2D eigenvalue weighted by Crippen LogP contribution is 2.28. The SMILES string of the molecule is CCC(C)(C)NC(=O)CNCC1(O)CCCC1. The lowest BCUT2D eigenvalue weighted by molar-refractivity contribution is -0.122. The molecule has 0 heterocycles. The maximum Gasteiger partial charge on any atom is 0.234 e. The van der Waals surface area contributed by atoms with Gasteiger partial charge in [-0.2, -0.15) is 0 Å². The van der Waals surface area contributed by atoms with Crippen LogP contribution in [0.1, 0.15) is 52.9 Å². The van der Waals surface area contributed by atoms with Crippen molar-refractivity contribution in [2.75, 3.05) is 13.1 Å². The van der Waals surface area contributed by atoms with Gasteiger partial charge in [-0.05, 0) is 33.1 Å². The van der Waals surface area contributed by atoms with Crippen LogP contribution in [0.5, 0.6) is 0 Å². The van der Waals surface area contributed by atoms with E-state index >= 15 is 0 Å². The van der Waals surface area contributed by atoms with Gasteiger partial charge in [0.2, 0.25) is 5.91 Å². The smallest absolute Gasteiger partial charge is 0.234 e. The maximum absolute atomic E-state index is 11.6. The number of carbonyl (C=O) groups excluding carboxylic acids is 1. The van der Waals surface area contributed by atoms with Crippen LogP contribution in [-0.4, -0.2) is 35.2 Å². The molecule has 0 bridgehead atoms. The third-order valence-corrected chi connectivity index (χ3v) is 3.64. The first-order valence-corrected chi connectivity index (χ1v) is 6.61. The van der Waals surface area contributed by atoms with Crippen molar-refractivity contribution in [1.29, 1.82) is 0 Å². The summed E-state index contributed by atoms with van der Waals surface area (Å²) in [4.78, 5) is 11.6. The lowest BCUT2D eigenvalue weighted by Crippen LogP contribution is -2.48. The zero-order valence-electron chi connectivity index (χ0n) is 11.3. The Labute approximate surface area is 104 Å². The predicted octanol–water partition coefficient (Wildman–Crippen LogP) is 1.19. The normalized spacial score (nSPS) is 19.3. The van der Waals surface area contributed by atoms with Crippen LogP contribution in [0.3, 0.4) is 0 Å². The number of carbonyl (C=O) groups is 1. The molecule has 1 aliphatic rings. The largest absolute Gasteiger partial charge is 0.389 e. The van der Waals surface area contributed by atoms with E-state index in [4.69, 9.17) is 0 Å². The van der Waals surface area contributed by atoms with Gasteiger partial charge < -0.3 is 15.7 Å². The molecule has 17 heavy (non-hydrogen) atoms. The summed E-state index contributed by atoms with van der Waals surface area (Å²) in [7, 11) is 0. The van der Waals surface area contributed by atoms with Crippen molar-refractivity contribution in [3.63, 3.8) is 0 Å². The molecule has 0 aromatic rings. The van der Waals surface area contributed by atoms with E-state index < -0.39 is 5.60 Å². The van der Waals surface area contributed by atoms with Crippen LogP contribution in [0.4, 0.5) is 0 Å². The highest BCUT2D eigenvalue weighted by Gasteiger charge is 2.30. The van der Waals surface area contributed by atoms with E-state index in [1.165, 1.54) is 0 Å². The van der Waals surface area contributed by atoms with Crippen LogP contribution in [0.15, 0.2) is 0 Å². The zero-order valence-corrected chi connectivity index (χ0v) is 11.3. The number of amides is 1. The van der Waals surface area contributed by atoms with E-state index in [1.54, 1.807) is 0 Å². The minimum absolute atomic E-state index is 0.00144. The molecular weight excluding hydrogens is 216 g/mol. The average molecular weight is 242 g/mol. The number of nitrogens with one attached hydrogen (secondary N) is 2. The Bertz CT molecular complexity index is 258. The van der Waals surface area contributed by atoms with E-state index in [0.29, 0.717) is 6.54 Å². The van der Waals surface area contributed by atoms with E-state index in [1.807, 2.05) is 13.8 Å². The van der Waals surface area contributed by atoms with E-state index in [2.05, 4.69) is 17.6 Å². The molecule has 0 unspecified atom stereocenters. The first-order valence-electron chi connectivity index (χ1n) is 6.61. The van der Waals surface area contributed by atoms with Gasteiger partial charge >= 0.3 is 0 Å². The number of rotatable bonds is 6. The van der Waals surface area contributed by atoms with Crippen LogP contribution in [0.25, 0.3) is 0 Å². The highest BCUT2D eigenvalue weighted by atomic mass is 16.3. The Morgan fingerprint density at radius 1 is 1.35 bits per heavy atom. The van der Waals surface area contributed by atoms with Crippen molar-refractivity contribution < 1.29 is 9.90 Å². The predicted molar refractivity (Wildman–Crippen MR) is 68.8 cm³/mol. The maximum atomic E-state index is 11.6. The van der Waals surface area contributed by atoms with Gasteiger partial charge in [-0.15, -0.1) is 0 Å². The number of hydrogen-bond donors (Lipinski definition) is 3. The Morgan fingerprint density at radius 3 is 2.47 bits per heavy atom. The molecule has 3 N–H and O–H groups in total. The summed E-state index contributed by atoms with van der Waals surface area (Å²) in [6.07, 6.45) is 4.79. The molecular formula is C13H26N2O2. The van der Waals surface area contributed by atoms with Gasteiger partial charge in [-0.3, -0.25) is 4.79 Å². The molecule has 0 atom stereocenters. The highest BCUT2D eigenvalue weighted by molar-refractivity contribution is 5.78. The Hall–Kier alpha value is -0.610. The van der Waals surface area contributed by atoms with Crippen molar-refractivity contribution in [3.05, 3.63) is 0 Å². The van der Waals surface area contributed by atoms with E-state index in [-0.39, 0.29) is 18.0 Å². The molecule has 1 aliphatic carbocycles. The van der Waals surface area contributed by atoms with Gasteiger partial charge in [0, 0.05) is 12.1 Å². The first-order chi connectivity index (χ1) is 7.87. The molecule has 1 fully saturated rings. The summed E-state index contributed by atoms with van der Waals surface area (Å²) in [6.45, 7) is 6.87. The summed E-state index contributed by atoms with van der Waals surface area (Å²) >= 11 is 0. The van der Waals surface area contributed by atoms with Gasteiger partial charge in [-0.25, -0.2) is 0 Å². The standard InChI is InChI=1S/C13H26N2O2/c1-4-12(2,3)15-11(16)9-14-10-13(17)7-5-6-8-13/h14,17H,4-10H2,1-3H3,(H,15,16). The first kappa shape index (κ1) is 14.5. The van der Waals surface area contributed by atoms with Crippen molar-refractivity contribution in [2.45, 2.75) is 64.0 Å². The van der Waals surface area contributed by atoms with Crippen LogP contribution in [0.2, 0.25) is 0 Å². The third-order valence-electron chi connectivity index (χ3n) is 3.64. The molecule has 0 radical (unpaired) electrons. The fraction of sp³-hybridized carbons (Fsp3) is 0.923. The summed E-state index contributed by atoms with van der Waals surface area (Å²) in [5, 5.41) is 16.1. The molecule has 100 valence electrons. The fourth-order valence-corrected chi connectivity index (χ4v) is 2.13. The molecule has 0 saturated heterocycles. The second-order valence-electron chi connectivity index (χ2n) is 5.82. The monoisotopic (exact) mass is 242 g/mol. The summed E-state index contributed by atoms with van der Waals surface area (Å²) in [6, 6.07) is 0. The zero-order chi connectivity index (χ0) is 12.9. The quantitative estimate of drug-likeness (QED) is 0.655. The molecule has 0 spiro atoms. The van der Waals surface area contributed by atoms with Crippen LogP contribution in [0, 0.1) is 0 Å². The Kier molecular flexibility index (Phi) is 4.95. The molecule has 0 aromatic carbocycles.